The van der Waals surface area contributed by atoms with Crippen LogP contribution in [0.3, 0.4) is 0 Å². The van der Waals surface area contributed by atoms with E-state index in [9.17, 15) is 0 Å². The average Bonchev–Trinajstić information content (AvgIpc) is 2.26. The first-order chi connectivity index (χ1) is 7.72. The molecule has 0 amide bonds. The zero-order valence-corrected chi connectivity index (χ0v) is 11.0. The highest BCUT2D eigenvalue weighted by Gasteiger charge is 2.00. The minimum Gasteiger partial charge on any atom is -0.382 e. The summed E-state index contributed by atoms with van der Waals surface area (Å²) in [6.45, 7) is 10.3. The Bertz CT molecular complexity index is 128. The van der Waals surface area contributed by atoms with Gasteiger partial charge in [-0.25, -0.2) is 0 Å². The SMILES string of the molecule is C=CC.COCCOCC(C)OCCOC. The Balaban J connectivity index is 0. The molecule has 0 spiro atoms. The number of hydrogen-bond acceptors (Lipinski definition) is 4. The summed E-state index contributed by atoms with van der Waals surface area (Å²) in [6, 6.07) is 0. The maximum atomic E-state index is 5.37. The van der Waals surface area contributed by atoms with Crippen molar-refractivity contribution in [2.75, 3.05) is 47.3 Å². The monoisotopic (exact) mass is 234 g/mol. The van der Waals surface area contributed by atoms with Gasteiger partial charge in [0.15, 0.2) is 0 Å². The number of methoxy groups -OCH3 is 2. The molecule has 1 atom stereocenters. The molecule has 0 bridgehead atoms. The summed E-state index contributed by atoms with van der Waals surface area (Å²) in [7, 11) is 3.31. The molecule has 0 aromatic rings. The number of hydrogen-bond donors (Lipinski definition) is 0. The van der Waals surface area contributed by atoms with E-state index in [0.29, 0.717) is 33.0 Å². The third-order valence-corrected chi connectivity index (χ3v) is 1.47. The molecule has 4 nitrogen and oxygen atoms in total. The fraction of sp³-hybridized carbons (Fsp3) is 0.833. The molecule has 0 heterocycles. The molecule has 0 saturated carbocycles. The number of ether oxygens (including phenoxy) is 4. The lowest BCUT2D eigenvalue weighted by Crippen LogP contribution is -2.19. The Morgan fingerprint density at radius 3 is 2.06 bits per heavy atom. The van der Waals surface area contributed by atoms with Crippen LogP contribution in [0.5, 0.6) is 0 Å². The highest BCUT2D eigenvalue weighted by Crippen LogP contribution is 1.91. The normalized spacial score (nSPS) is 11.5. The molecule has 0 radical (unpaired) electrons. The second kappa shape index (κ2) is 17.0. The molecular weight excluding hydrogens is 208 g/mol. The molecule has 0 aliphatic heterocycles. The largest absolute Gasteiger partial charge is 0.382 e. The molecule has 0 fully saturated rings. The third kappa shape index (κ3) is 19.2. The molecule has 0 saturated heterocycles. The minimum absolute atomic E-state index is 0.118. The molecule has 0 N–H and O–H groups in total. The van der Waals surface area contributed by atoms with Crippen molar-refractivity contribution >= 4 is 0 Å². The van der Waals surface area contributed by atoms with Gasteiger partial charge in [0.1, 0.15) is 0 Å². The van der Waals surface area contributed by atoms with Crippen LogP contribution in [-0.2, 0) is 18.9 Å². The van der Waals surface area contributed by atoms with Crippen molar-refractivity contribution < 1.29 is 18.9 Å². The van der Waals surface area contributed by atoms with Crippen molar-refractivity contribution in [3.63, 3.8) is 0 Å². The van der Waals surface area contributed by atoms with Crippen molar-refractivity contribution in [2.45, 2.75) is 20.0 Å². The van der Waals surface area contributed by atoms with E-state index >= 15 is 0 Å². The highest BCUT2D eigenvalue weighted by atomic mass is 16.6. The van der Waals surface area contributed by atoms with E-state index in [1.54, 1.807) is 20.3 Å². The van der Waals surface area contributed by atoms with Crippen LogP contribution in [0.4, 0.5) is 0 Å². The van der Waals surface area contributed by atoms with Crippen LogP contribution < -0.4 is 0 Å². The predicted molar refractivity (Wildman–Crippen MR) is 65.9 cm³/mol. The number of allylic oxidation sites excluding steroid dienone is 1. The smallest absolute Gasteiger partial charge is 0.0781 e. The molecule has 98 valence electrons. The van der Waals surface area contributed by atoms with E-state index in [4.69, 9.17) is 18.9 Å². The zero-order chi connectivity index (χ0) is 12.6. The van der Waals surface area contributed by atoms with Crippen molar-refractivity contribution in [1.82, 2.24) is 0 Å². The van der Waals surface area contributed by atoms with Crippen LogP contribution >= 0.6 is 0 Å². The summed E-state index contributed by atoms with van der Waals surface area (Å²) >= 11 is 0. The van der Waals surface area contributed by atoms with Gasteiger partial charge in [0.25, 0.3) is 0 Å². The van der Waals surface area contributed by atoms with Crippen LogP contribution in [-0.4, -0.2) is 53.4 Å². The van der Waals surface area contributed by atoms with Crippen LogP contribution in [0.15, 0.2) is 12.7 Å². The van der Waals surface area contributed by atoms with Gasteiger partial charge in [-0.15, -0.1) is 6.58 Å². The Labute approximate surface area is 99.5 Å². The summed E-state index contributed by atoms with van der Waals surface area (Å²) in [5.74, 6) is 0. The van der Waals surface area contributed by atoms with Crippen LogP contribution in [0.2, 0.25) is 0 Å². The molecule has 0 aliphatic rings. The molecule has 0 rings (SSSR count). The fourth-order valence-corrected chi connectivity index (χ4v) is 0.772. The van der Waals surface area contributed by atoms with Gasteiger partial charge in [-0.3, -0.25) is 0 Å². The standard InChI is InChI=1S/C9H20O4.C3H6/c1-9(13-7-5-11-3)8-12-6-4-10-2;1-3-2/h9H,4-8H2,1-3H3;3H,1H2,2H3. The zero-order valence-electron chi connectivity index (χ0n) is 11.0. The van der Waals surface area contributed by atoms with Crippen LogP contribution in [0.25, 0.3) is 0 Å². The minimum atomic E-state index is 0.118. The predicted octanol–water partition coefficient (Wildman–Crippen LogP) is 1.89. The summed E-state index contributed by atoms with van der Waals surface area (Å²) in [5, 5.41) is 0. The quantitative estimate of drug-likeness (QED) is 0.451. The lowest BCUT2D eigenvalue weighted by atomic mass is 10.4. The van der Waals surface area contributed by atoms with E-state index in [-0.39, 0.29) is 6.10 Å². The molecule has 4 heteroatoms. The Hall–Kier alpha value is -0.420. The van der Waals surface area contributed by atoms with Gasteiger partial charge in [-0.2, -0.15) is 0 Å². The lowest BCUT2D eigenvalue weighted by Gasteiger charge is -2.12. The second-order valence-electron chi connectivity index (χ2n) is 3.15. The van der Waals surface area contributed by atoms with E-state index in [2.05, 4.69) is 6.58 Å². The van der Waals surface area contributed by atoms with Gasteiger partial charge in [0.05, 0.1) is 39.1 Å². The molecule has 0 aromatic heterocycles. The third-order valence-electron chi connectivity index (χ3n) is 1.47. The molecule has 1 unspecified atom stereocenters. The fourth-order valence-electron chi connectivity index (χ4n) is 0.772. The molecule has 0 aliphatic carbocycles. The first kappa shape index (κ1) is 18.0. The first-order valence-corrected chi connectivity index (χ1v) is 5.47. The first-order valence-electron chi connectivity index (χ1n) is 5.47. The van der Waals surface area contributed by atoms with Gasteiger partial charge in [-0.1, -0.05) is 6.08 Å². The summed E-state index contributed by atoms with van der Waals surface area (Å²) in [5.41, 5.74) is 0. The van der Waals surface area contributed by atoms with Crippen LogP contribution in [0, 0.1) is 0 Å². The van der Waals surface area contributed by atoms with Crippen molar-refractivity contribution in [1.29, 1.82) is 0 Å². The highest BCUT2D eigenvalue weighted by molar-refractivity contribution is 4.51. The Morgan fingerprint density at radius 1 is 1.06 bits per heavy atom. The molecular formula is C12H26O4. The van der Waals surface area contributed by atoms with Crippen LogP contribution in [0.1, 0.15) is 13.8 Å². The van der Waals surface area contributed by atoms with Gasteiger partial charge in [0.2, 0.25) is 0 Å². The van der Waals surface area contributed by atoms with E-state index in [0.717, 1.165) is 0 Å². The maximum Gasteiger partial charge on any atom is 0.0781 e. The Morgan fingerprint density at radius 2 is 1.56 bits per heavy atom. The van der Waals surface area contributed by atoms with E-state index < -0.39 is 0 Å². The van der Waals surface area contributed by atoms with E-state index in [1.165, 1.54) is 0 Å². The van der Waals surface area contributed by atoms with Crippen molar-refractivity contribution in [3.8, 4) is 0 Å². The topological polar surface area (TPSA) is 36.9 Å². The second-order valence-corrected chi connectivity index (χ2v) is 3.15. The van der Waals surface area contributed by atoms with Gasteiger partial charge >= 0.3 is 0 Å². The van der Waals surface area contributed by atoms with Gasteiger partial charge in [0, 0.05) is 14.2 Å². The van der Waals surface area contributed by atoms with E-state index in [1.807, 2.05) is 13.8 Å². The summed E-state index contributed by atoms with van der Waals surface area (Å²) in [6.07, 6.45) is 1.87. The summed E-state index contributed by atoms with van der Waals surface area (Å²) < 4.78 is 20.3. The molecule has 16 heavy (non-hydrogen) atoms. The lowest BCUT2D eigenvalue weighted by molar-refractivity contribution is -0.0320. The maximum absolute atomic E-state index is 5.37. The summed E-state index contributed by atoms with van der Waals surface area (Å²) in [4.78, 5) is 0. The van der Waals surface area contributed by atoms with Gasteiger partial charge in [-0.05, 0) is 13.8 Å². The Kier molecular flexibility index (Phi) is 19.1. The van der Waals surface area contributed by atoms with Gasteiger partial charge < -0.3 is 18.9 Å². The molecule has 0 aromatic carbocycles. The number of rotatable bonds is 9. The van der Waals surface area contributed by atoms with Crippen molar-refractivity contribution in [2.24, 2.45) is 0 Å². The average molecular weight is 234 g/mol. The van der Waals surface area contributed by atoms with Crippen molar-refractivity contribution in [3.05, 3.63) is 12.7 Å².